The van der Waals surface area contributed by atoms with Crippen LogP contribution in [0.2, 0.25) is 5.15 Å². The second kappa shape index (κ2) is 7.50. The van der Waals surface area contributed by atoms with Gasteiger partial charge in [-0.05, 0) is 20.8 Å². The van der Waals surface area contributed by atoms with E-state index in [0.717, 1.165) is 11.4 Å². The summed E-state index contributed by atoms with van der Waals surface area (Å²) in [5.41, 5.74) is 0.433. The first-order valence-electron chi connectivity index (χ1n) is 8.65. The van der Waals surface area contributed by atoms with Crippen molar-refractivity contribution in [3.05, 3.63) is 41.6 Å². The number of ether oxygens (including phenoxy) is 1. The van der Waals surface area contributed by atoms with E-state index in [2.05, 4.69) is 14.9 Å². The lowest BCUT2D eigenvalue weighted by atomic mass is 10.2. The monoisotopic (exact) mass is 374 g/mol. The highest BCUT2D eigenvalue weighted by molar-refractivity contribution is 6.29. The Morgan fingerprint density at radius 1 is 1.08 bits per heavy atom. The van der Waals surface area contributed by atoms with Gasteiger partial charge in [0.15, 0.2) is 5.82 Å². The Labute approximate surface area is 158 Å². The number of carbonyl (C=O) groups excluding carboxylic acids is 1. The number of carbonyl (C=O) groups is 1. The lowest BCUT2D eigenvalue weighted by Crippen LogP contribution is -2.50. The van der Waals surface area contributed by atoms with Gasteiger partial charge in [0.05, 0.1) is 0 Å². The van der Waals surface area contributed by atoms with E-state index >= 15 is 0 Å². The number of aromatic nitrogens is 2. The van der Waals surface area contributed by atoms with Gasteiger partial charge in [0.1, 0.15) is 16.6 Å². The summed E-state index contributed by atoms with van der Waals surface area (Å²) in [6.07, 6.45) is -0.275. The van der Waals surface area contributed by atoms with Crippen molar-refractivity contribution in [2.75, 3.05) is 31.1 Å². The van der Waals surface area contributed by atoms with Gasteiger partial charge < -0.3 is 14.5 Å². The van der Waals surface area contributed by atoms with E-state index in [-0.39, 0.29) is 6.09 Å². The van der Waals surface area contributed by atoms with Crippen LogP contribution in [0.1, 0.15) is 20.8 Å². The van der Waals surface area contributed by atoms with Gasteiger partial charge in [-0.2, -0.15) is 0 Å². The van der Waals surface area contributed by atoms with Crippen LogP contribution in [0.3, 0.4) is 0 Å². The van der Waals surface area contributed by atoms with Crippen LogP contribution in [0.25, 0.3) is 11.4 Å². The molecule has 0 unspecified atom stereocenters. The minimum absolute atomic E-state index is 0.275. The van der Waals surface area contributed by atoms with Crippen molar-refractivity contribution in [1.29, 1.82) is 0 Å². The van der Waals surface area contributed by atoms with E-state index in [1.807, 2.05) is 51.1 Å². The number of nitrogens with zero attached hydrogens (tertiary/aromatic N) is 4. The zero-order valence-corrected chi connectivity index (χ0v) is 16.0. The molecule has 3 rings (SSSR count). The van der Waals surface area contributed by atoms with Gasteiger partial charge in [0, 0.05) is 37.8 Å². The maximum Gasteiger partial charge on any atom is 0.410 e. The molecule has 0 radical (unpaired) electrons. The molecule has 0 saturated carbocycles. The quantitative estimate of drug-likeness (QED) is 0.747. The molecule has 2 heterocycles. The molecule has 0 spiro atoms. The molecule has 26 heavy (non-hydrogen) atoms. The Balaban J connectivity index is 1.70. The summed E-state index contributed by atoms with van der Waals surface area (Å²) in [5, 5.41) is 0.406. The molecule has 2 aromatic rings. The number of hydrogen-bond donors (Lipinski definition) is 0. The topological polar surface area (TPSA) is 58.6 Å². The fraction of sp³-hybridized carbons (Fsp3) is 0.421. The van der Waals surface area contributed by atoms with Gasteiger partial charge in [0.2, 0.25) is 0 Å². The Morgan fingerprint density at radius 3 is 2.35 bits per heavy atom. The van der Waals surface area contributed by atoms with Gasteiger partial charge >= 0.3 is 6.09 Å². The molecular formula is C19H23ClN4O2. The summed E-state index contributed by atoms with van der Waals surface area (Å²) < 4.78 is 5.44. The average molecular weight is 375 g/mol. The smallest absolute Gasteiger partial charge is 0.410 e. The summed E-state index contributed by atoms with van der Waals surface area (Å²) in [7, 11) is 0. The standard InChI is InChI=1S/C19H23ClN4O2/c1-19(2,3)26-18(25)24-11-9-23(10-12-24)16-13-15(20)21-17(22-16)14-7-5-4-6-8-14/h4-8,13H,9-12H2,1-3H3. The summed E-state index contributed by atoms with van der Waals surface area (Å²) in [6, 6.07) is 11.5. The molecule has 1 aromatic heterocycles. The third kappa shape index (κ3) is 4.64. The van der Waals surface area contributed by atoms with Gasteiger partial charge in [0.25, 0.3) is 0 Å². The van der Waals surface area contributed by atoms with E-state index < -0.39 is 5.60 Å². The highest BCUT2D eigenvalue weighted by atomic mass is 35.5. The Morgan fingerprint density at radius 2 is 1.73 bits per heavy atom. The van der Waals surface area contributed by atoms with Gasteiger partial charge in [-0.1, -0.05) is 41.9 Å². The van der Waals surface area contributed by atoms with Crippen LogP contribution >= 0.6 is 11.6 Å². The summed E-state index contributed by atoms with van der Waals surface area (Å²) >= 11 is 6.21. The summed E-state index contributed by atoms with van der Waals surface area (Å²) in [5.74, 6) is 1.37. The number of amides is 1. The molecule has 1 saturated heterocycles. The number of rotatable bonds is 2. The Kier molecular flexibility index (Phi) is 5.32. The number of piperazine rings is 1. The molecule has 1 amide bonds. The summed E-state index contributed by atoms with van der Waals surface area (Å²) in [4.78, 5) is 25.0. The molecule has 0 atom stereocenters. The van der Waals surface area contributed by atoms with E-state index in [0.29, 0.717) is 37.2 Å². The lowest BCUT2D eigenvalue weighted by Gasteiger charge is -2.36. The predicted octanol–water partition coefficient (Wildman–Crippen LogP) is 3.85. The molecule has 0 aliphatic carbocycles. The van der Waals surface area contributed by atoms with Crippen molar-refractivity contribution in [3.8, 4) is 11.4 Å². The number of benzene rings is 1. The lowest BCUT2D eigenvalue weighted by molar-refractivity contribution is 0.0240. The van der Waals surface area contributed by atoms with Crippen LogP contribution in [-0.4, -0.2) is 52.7 Å². The Bertz CT molecular complexity index is 769. The average Bonchev–Trinajstić information content (AvgIpc) is 2.61. The van der Waals surface area contributed by atoms with Crippen molar-refractivity contribution in [1.82, 2.24) is 14.9 Å². The second-order valence-corrected chi connectivity index (χ2v) is 7.58. The number of halogens is 1. The normalized spacial score (nSPS) is 15.1. The molecule has 7 heteroatoms. The molecule has 0 bridgehead atoms. The first kappa shape index (κ1) is 18.5. The first-order chi connectivity index (χ1) is 12.3. The molecule has 1 aliphatic rings. The summed E-state index contributed by atoms with van der Waals surface area (Å²) in [6.45, 7) is 8.11. The van der Waals surface area contributed by atoms with Crippen LogP contribution in [0.15, 0.2) is 36.4 Å². The second-order valence-electron chi connectivity index (χ2n) is 7.19. The fourth-order valence-corrected chi connectivity index (χ4v) is 2.91. The van der Waals surface area contributed by atoms with Gasteiger partial charge in [-0.15, -0.1) is 0 Å². The fourth-order valence-electron chi connectivity index (χ4n) is 2.73. The van der Waals surface area contributed by atoms with Gasteiger partial charge in [-0.25, -0.2) is 14.8 Å². The molecule has 1 aliphatic heterocycles. The molecule has 138 valence electrons. The van der Waals surface area contributed by atoms with E-state index in [9.17, 15) is 4.79 Å². The van der Waals surface area contributed by atoms with Crippen LogP contribution in [0, 0.1) is 0 Å². The van der Waals surface area contributed by atoms with Crippen LogP contribution in [0.5, 0.6) is 0 Å². The maximum atomic E-state index is 12.2. The highest BCUT2D eigenvalue weighted by Gasteiger charge is 2.26. The van der Waals surface area contributed by atoms with Crippen molar-refractivity contribution >= 4 is 23.5 Å². The molecule has 1 aromatic carbocycles. The minimum atomic E-state index is -0.487. The minimum Gasteiger partial charge on any atom is -0.444 e. The van der Waals surface area contributed by atoms with Crippen molar-refractivity contribution in [3.63, 3.8) is 0 Å². The van der Waals surface area contributed by atoms with Crippen molar-refractivity contribution in [2.45, 2.75) is 26.4 Å². The molecule has 0 N–H and O–H groups in total. The van der Waals surface area contributed by atoms with E-state index in [1.165, 1.54) is 0 Å². The molecular weight excluding hydrogens is 352 g/mol. The van der Waals surface area contributed by atoms with Crippen LogP contribution in [0.4, 0.5) is 10.6 Å². The highest BCUT2D eigenvalue weighted by Crippen LogP contribution is 2.23. The zero-order chi connectivity index (χ0) is 18.7. The largest absolute Gasteiger partial charge is 0.444 e. The van der Waals surface area contributed by atoms with Crippen LogP contribution in [-0.2, 0) is 4.74 Å². The third-order valence-electron chi connectivity index (χ3n) is 3.97. The van der Waals surface area contributed by atoms with Crippen molar-refractivity contribution in [2.24, 2.45) is 0 Å². The van der Waals surface area contributed by atoms with Crippen LogP contribution < -0.4 is 4.90 Å². The van der Waals surface area contributed by atoms with E-state index in [4.69, 9.17) is 16.3 Å². The third-order valence-corrected chi connectivity index (χ3v) is 4.16. The molecule has 6 nitrogen and oxygen atoms in total. The number of anilines is 1. The first-order valence-corrected chi connectivity index (χ1v) is 9.02. The van der Waals surface area contributed by atoms with E-state index in [1.54, 1.807) is 11.0 Å². The SMILES string of the molecule is CC(C)(C)OC(=O)N1CCN(c2cc(Cl)nc(-c3ccccc3)n2)CC1. The predicted molar refractivity (Wildman–Crippen MR) is 102 cm³/mol. The van der Waals surface area contributed by atoms with Gasteiger partial charge in [-0.3, -0.25) is 0 Å². The number of hydrogen-bond acceptors (Lipinski definition) is 5. The molecule has 1 fully saturated rings. The maximum absolute atomic E-state index is 12.2. The van der Waals surface area contributed by atoms with Crippen molar-refractivity contribution < 1.29 is 9.53 Å². The zero-order valence-electron chi connectivity index (χ0n) is 15.3. The Hall–Kier alpha value is -2.34.